The van der Waals surface area contributed by atoms with Gasteiger partial charge in [0.05, 0.1) is 19.2 Å². The number of benzene rings is 2. The number of nitrogens with zero attached hydrogens (tertiary/aromatic N) is 1. The Kier molecular flexibility index (Phi) is 6.36. The summed E-state index contributed by atoms with van der Waals surface area (Å²) in [6, 6.07) is 8.37. The number of H-pyrrole nitrogens is 1. The Morgan fingerprint density at radius 3 is 2.42 bits per heavy atom. The predicted octanol–water partition coefficient (Wildman–Crippen LogP) is 3.11. The topological polar surface area (TPSA) is 134 Å². The molecular formula is C21H20ClN3O6. The molecule has 0 aliphatic rings. The van der Waals surface area contributed by atoms with Crippen molar-refractivity contribution >= 4 is 23.5 Å². The number of hydrogen-bond donors (Lipinski definition) is 4. The number of rotatable bonds is 6. The van der Waals surface area contributed by atoms with Gasteiger partial charge in [0, 0.05) is 17.2 Å². The molecule has 9 nitrogen and oxygen atoms in total. The maximum atomic E-state index is 12.9. The molecule has 1 atom stereocenters. The third-order valence-corrected chi connectivity index (χ3v) is 4.90. The van der Waals surface area contributed by atoms with E-state index in [4.69, 9.17) is 16.3 Å². The fourth-order valence-corrected chi connectivity index (χ4v) is 3.15. The summed E-state index contributed by atoms with van der Waals surface area (Å²) in [6.45, 7) is 1.49. The molecule has 0 spiro atoms. The monoisotopic (exact) mass is 445 g/mol. The molecule has 162 valence electrons. The molecule has 0 saturated carbocycles. The van der Waals surface area contributed by atoms with Crippen molar-refractivity contribution < 1.29 is 29.3 Å². The first-order valence-corrected chi connectivity index (χ1v) is 9.48. The Bertz CT molecular complexity index is 1130. The van der Waals surface area contributed by atoms with Crippen molar-refractivity contribution in [2.45, 2.75) is 13.0 Å². The van der Waals surface area contributed by atoms with Crippen LogP contribution in [0.1, 0.15) is 17.4 Å². The van der Waals surface area contributed by atoms with Crippen molar-refractivity contribution in [2.75, 3.05) is 14.2 Å². The van der Waals surface area contributed by atoms with Crippen molar-refractivity contribution in [3.8, 4) is 39.6 Å². The van der Waals surface area contributed by atoms with Crippen LogP contribution in [0.15, 0.2) is 36.4 Å². The van der Waals surface area contributed by atoms with Crippen molar-refractivity contribution in [3.05, 3.63) is 47.1 Å². The number of phenols is 2. The molecule has 2 aromatic carbocycles. The van der Waals surface area contributed by atoms with E-state index in [0.717, 1.165) is 6.07 Å². The van der Waals surface area contributed by atoms with E-state index in [1.54, 1.807) is 24.3 Å². The third-order valence-electron chi connectivity index (χ3n) is 4.59. The standard InChI is InChI=1S/C21H20ClN3O6/c1-10(21(29)31-3)23-20(28)19-17(11-4-6-12(30-2)7-5-11)18(24-25-19)13-8-14(22)16(27)9-15(13)26/h4-10,26-27H,1-3H3,(H,23,28)(H,24,25)/t10-/m0/s1. The Morgan fingerprint density at radius 1 is 1.13 bits per heavy atom. The lowest BCUT2D eigenvalue weighted by Crippen LogP contribution is -2.39. The highest BCUT2D eigenvalue weighted by Gasteiger charge is 2.26. The van der Waals surface area contributed by atoms with E-state index in [-0.39, 0.29) is 33.5 Å². The zero-order chi connectivity index (χ0) is 22.7. The minimum atomic E-state index is -0.899. The van der Waals surface area contributed by atoms with Gasteiger partial charge in [-0.2, -0.15) is 5.10 Å². The first-order chi connectivity index (χ1) is 14.8. The lowest BCUT2D eigenvalue weighted by atomic mass is 9.97. The summed E-state index contributed by atoms with van der Waals surface area (Å²) in [5.41, 5.74) is 1.42. The molecule has 0 fully saturated rings. The van der Waals surface area contributed by atoms with Crippen LogP contribution < -0.4 is 10.1 Å². The zero-order valence-electron chi connectivity index (χ0n) is 16.9. The molecule has 1 amide bonds. The van der Waals surface area contributed by atoms with E-state index in [9.17, 15) is 19.8 Å². The van der Waals surface area contributed by atoms with Crippen LogP contribution in [0, 0.1) is 0 Å². The summed E-state index contributed by atoms with van der Waals surface area (Å²) in [5, 5.41) is 29.5. The van der Waals surface area contributed by atoms with Gasteiger partial charge in [-0.05, 0) is 30.7 Å². The Labute approximate surface area is 182 Å². The average molecular weight is 446 g/mol. The summed E-state index contributed by atoms with van der Waals surface area (Å²) >= 11 is 6.02. The molecule has 0 saturated heterocycles. The van der Waals surface area contributed by atoms with Gasteiger partial charge in [-0.3, -0.25) is 9.89 Å². The maximum Gasteiger partial charge on any atom is 0.328 e. The van der Waals surface area contributed by atoms with Gasteiger partial charge in [0.2, 0.25) is 0 Å². The maximum absolute atomic E-state index is 12.9. The van der Waals surface area contributed by atoms with E-state index >= 15 is 0 Å². The number of hydrogen-bond acceptors (Lipinski definition) is 7. The van der Waals surface area contributed by atoms with E-state index in [2.05, 4.69) is 20.3 Å². The molecule has 31 heavy (non-hydrogen) atoms. The number of nitrogens with one attached hydrogen (secondary N) is 2. The van der Waals surface area contributed by atoms with Gasteiger partial charge in [-0.1, -0.05) is 23.7 Å². The Balaban J connectivity index is 2.15. The lowest BCUT2D eigenvalue weighted by molar-refractivity contribution is -0.142. The molecule has 3 aromatic rings. The SMILES string of the molecule is COC(=O)[C@H](C)NC(=O)c1[nH]nc(-c2cc(Cl)c(O)cc2O)c1-c1ccc(OC)cc1. The number of aromatic nitrogens is 2. The molecule has 0 bridgehead atoms. The number of amides is 1. The van der Waals surface area contributed by atoms with Crippen molar-refractivity contribution in [1.82, 2.24) is 15.5 Å². The van der Waals surface area contributed by atoms with E-state index < -0.39 is 17.9 Å². The minimum absolute atomic E-state index is 0.00166. The fourth-order valence-electron chi connectivity index (χ4n) is 2.98. The van der Waals surface area contributed by atoms with Crippen LogP contribution in [0.5, 0.6) is 17.2 Å². The van der Waals surface area contributed by atoms with Crippen LogP contribution in [0.2, 0.25) is 5.02 Å². The van der Waals surface area contributed by atoms with Gasteiger partial charge in [0.15, 0.2) is 0 Å². The van der Waals surface area contributed by atoms with Crippen LogP contribution in [-0.4, -0.2) is 52.5 Å². The summed E-state index contributed by atoms with van der Waals surface area (Å²) in [7, 11) is 2.75. The van der Waals surface area contributed by atoms with E-state index in [1.807, 2.05) is 0 Å². The van der Waals surface area contributed by atoms with Gasteiger partial charge >= 0.3 is 5.97 Å². The van der Waals surface area contributed by atoms with Crippen molar-refractivity contribution in [2.24, 2.45) is 0 Å². The number of carbonyl (C=O) groups excluding carboxylic acids is 2. The number of carbonyl (C=O) groups is 2. The van der Waals surface area contributed by atoms with Crippen LogP contribution in [0.4, 0.5) is 0 Å². The number of phenolic OH excluding ortho intramolecular Hbond substituents is 2. The van der Waals surface area contributed by atoms with Crippen LogP contribution in [0.3, 0.4) is 0 Å². The minimum Gasteiger partial charge on any atom is -0.507 e. The fraction of sp³-hybridized carbons (Fsp3) is 0.190. The second-order valence-corrected chi connectivity index (χ2v) is 7.00. The van der Waals surface area contributed by atoms with Gasteiger partial charge < -0.3 is 25.0 Å². The van der Waals surface area contributed by atoms with Crippen molar-refractivity contribution in [1.29, 1.82) is 0 Å². The number of ether oxygens (including phenoxy) is 2. The predicted molar refractivity (Wildman–Crippen MR) is 113 cm³/mol. The van der Waals surface area contributed by atoms with Gasteiger partial charge in [-0.25, -0.2) is 4.79 Å². The second kappa shape index (κ2) is 8.97. The highest BCUT2D eigenvalue weighted by molar-refractivity contribution is 6.32. The van der Waals surface area contributed by atoms with Crippen LogP contribution in [-0.2, 0) is 9.53 Å². The molecule has 0 radical (unpaired) electrons. The smallest absolute Gasteiger partial charge is 0.328 e. The van der Waals surface area contributed by atoms with Gasteiger partial charge in [0.25, 0.3) is 5.91 Å². The zero-order valence-corrected chi connectivity index (χ0v) is 17.6. The Hall–Kier alpha value is -3.72. The average Bonchev–Trinajstić information content (AvgIpc) is 3.20. The number of aromatic amines is 1. The van der Waals surface area contributed by atoms with Gasteiger partial charge in [0.1, 0.15) is 34.7 Å². The lowest BCUT2D eigenvalue weighted by Gasteiger charge is -2.13. The quantitative estimate of drug-likeness (QED) is 0.428. The summed E-state index contributed by atoms with van der Waals surface area (Å²) in [6.07, 6.45) is 0. The number of methoxy groups -OCH3 is 2. The second-order valence-electron chi connectivity index (χ2n) is 6.59. The first-order valence-electron chi connectivity index (χ1n) is 9.10. The summed E-state index contributed by atoms with van der Waals surface area (Å²) < 4.78 is 9.82. The molecule has 3 rings (SSSR count). The molecule has 0 aliphatic heterocycles. The molecule has 0 unspecified atom stereocenters. The molecule has 10 heteroatoms. The Morgan fingerprint density at radius 2 is 1.81 bits per heavy atom. The summed E-state index contributed by atoms with van der Waals surface area (Å²) in [4.78, 5) is 24.6. The molecular weight excluding hydrogens is 426 g/mol. The highest BCUT2D eigenvalue weighted by Crippen LogP contribution is 2.41. The number of esters is 1. The van der Waals surface area contributed by atoms with Crippen molar-refractivity contribution in [3.63, 3.8) is 0 Å². The van der Waals surface area contributed by atoms with Crippen LogP contribution in [0.25, 0.3) is 22.4 Å². The van der Waals surface area contributed by atoms with E-state index in [0.29, 0.717) is 16.9 Å². The molecule has 1 heterocycles. The number of aromatic hydroxyl groups is 2. The van der Waals surface area contributed by atoms with Crippen LogP contribution >= 0.6 is 11.6 Å². The van der Waals surface area contributed by atoms with Gasteiger partial charge in [-0.15, -0.1) is 0 Å². The number of halogens is 1. The van der Waals surface area contributed by atoms with E-state index in [1.165, 1.54) is 27.2 Å². The third kappa shape index (κ3) is 4.41. The molecule has 4 N–H and O–H groups in total. The largest absolute Gasteiger partial charge is 0.507 e. The molecule has 0 aliphatic carbocycles. The first kappa shape index (κ1) is 22.0. The highest BCUT2D eigenvalue weighted by atomic mass is 35.5. The summed E-state index contributed by atoms with van der Waals surface area (Å²) in [5.74, 6) is -1.18. The molecule has 1 aromatic heterocycles. The normalized spacial score (nSPS) is 11.6.